The van der Waals surface area contributed by atoms with Gasteiger partial charge < -0.3 is 15.9 Å². The van der Waals surface area contributed by atoms with E-state index in [1.807, 2.05) is 0 Å². The number of aliphatic hydroxyl groups excluding tert-OH is 1. The van der Waals surface area contributed by atoms with Gasteiger partial charge >= 0.3 is 6.18 Å². The summed E-state index contributed by atoms with van der Waals surface area (Å²) in [7, 11) is 0. The average molecular weight is 235 g/mol. The van der Waals surface area contributed by atoms with Gasteiger partial charge in [-0.1, -0.05) is 12.1 Å². The number of hydrogen-bond acceptors (Lipinski definition) is 3. The van der Waals surface area contributed by atoms with Crippen LogP contribution in [0.25, 0.3) is 0 Å². The van der Waals surface area contributed by atoms with Crippen molar-refractivity contribution in [3.8, 4) is 5.75 Å². The van der Waals surface area contributed by atoms with Crippen molar-refractivity contribution < 1.29 is 23.4 Å². The molecule has 3 nitrogen and oxygen atoms in total. The second kappa shape index (κ2) is 4.71. The Kier molecular flexibility index (Phi) is 3.77. The molecule has 0 aromatic heterocycles. The Labute approximate surface area is 90.3 Å². The lowest BCUT2D eigenvalue weighted by atomic mass is 10.0. The van der Waals surface area contributed by atoms with E-state index in [1.165, 1.54) is 24.3 Å². The quantitative estimate of drug-likeness (QED) is 0.747. The summed E-state index contributed by atoms with van der Waals surface area (Å²) in [5, 5.41) is 18.4. The van der Waals surface area contributed by atoms with E-state index < -0.39 is 24.7 Å². The molecule has 0 aliphatic rings. The molecule has 0 bridgehead atoms. The van der Waals surface area contributed by atoms with Crippen molar-refractivity contribution in [1.82, 2.24) is 0 Å². The number of phenolic OH excluding ortho intramolecular Hbond substituents is 1. The van der Waals surface area contributed by atoms with Crippen LogP contribution in [0.2, 0.25) is 0 Å². The Hall–Kier alpha value is -1.27. The van der Waals surface area contributed by atoms with Crippen LogP contribution in [0.3, 0.4) is 0 Å². The molecule has 0 heterocycles. The van der Waals surface area contributed by atoms with E-state index in [-0.39, 0.29) is 11.3 Å². The van der Waals surface area contributed by atoms with E-state index >= 15 is 0 Å². The standard InChI is InChI=1S/C10H12F3NO2/c11-10(12,13)9(14)5-8(16)6-1-3-7(15)4-2-6/h1-4,8-9,15-16H,5,14H2/t8-,9+/m1/s1. The minimum absolute atomic E-state index is 0.0175. The summed E-state index contributed by atoms with van der Waals surface area (Å²) in [4.78, 5) is 0. The number of alkyl halides is 3. The molecular formula is C10H12F3NO2. The van der Waals surface area contributed by atoms with Crippen LogP contribution in [0.5, 0.6) is 5.75 Å². The second-order valence-electron chi connectivity index (χ2n) is 3.49. The molecule has 1 aromatic carbocycles. The van der Waals surface area contributed by atoms with Gasteiger partial charge in [0.05, 0.1) is 6.10 Å². The predicted octanol–water partition coefficient (Wildman–Crippen LogP) is 1.71. The van der Waals surface area contributed by atoms with Gasteiger partial charge in [-0.05, 0) is 17.7 Å². The molecule has 16 heavy (non-hydrogen) atoms. The molecule has 0 spiro atoms. The first-order valence-corrected chi connectivity index (χ1v) is 4.60. The summed E-state index contributed by atoms with van der Waals surface area (Å²) in [5.74, 6) is -0.0175. The molecule has 0 aliphatic carbocycles. The molecule has 0 unspecified atom stereocenters. The molecule has 1 aromatic rings. The molecule has 0 fully saturated rings. The van der Waals surface area contributed by atoms with Gasteiger partial charge in [0.1, 0.15) is 11.8 Å². The molecular weight excluding hydrogens is 223 g/mol. The topological polar surface area (TPSA) is 66.5 Å². The molecule has 2 atom stereocenters. The van der Waals surface area contributed by atoms with Crippen molar-refractivity contribution in [2.45, 2.75) is 24.7 Å². The fraction of sp³-hybridized carbons (Fsp3) is 0.400. The van der Waals surface area contributed by atoms with Crippen LogP contribution < -0.4 is 5.73 Å². The Bertz CT molecular complexity index is 337. The molecule has 4 N–H and O–H groups in total. The van der Waals surface area contributed by atoms with Gasteiger partial charge in [-0.25, -0.2) is 0 Å². The third-order valence-electron chi connectivity index (χ3n) is 2.18. The summed E-state index contributed by atoms with van der Waals surface area (Å²) >= 11 is 0. The van der Waals surface area contributed by atoms with Gasteiger partial charge in [0.2, 0.25) is 0 Å². The van der Waals surface area contributed by atoms with Gasteiger partial charge in [0, 0.05) is 6.42 Å². The van der Waals surface area contributed by atoms with Crippen LogP contribution in [0.15, 0.2) is 24.3 Å². The van der Waals surface area contributed by atoms with Crippen LogP contribution in [0.1, 0.15) is 18.1 Å². The number of rotatable bonds is 3. The van der Waals surface area contributed by atoms with E-state index in [0.29, 0.717) is 0 Å². The Morgan fingerprint density at radius 1 is 1.19 bits per heavy atom. The molecule has 0 amide bonds. The number of benzene rings is 1. The van der Waals surface area contributed by atoms with Gasteiger partial charge in [-0.2, -0.15) is 13.2 Å². The minimum Gasteiger partial charge on any atom is -0.508 e. The Morgan fingerprint density at radius 2 is 1.69 bits per heavy atom. The highest BCUT2D eigenvalue weighted by Gasteiger charge is 2.37. The number of halogens is 3. The molecule has 0 aliphatic heterocycles. The van der Waals surface area contributed by atoms with Crippen LogP contribution in [0.4, 0.5) is 13.2 Å². The van der Waals surface area contributed by atoms with Crippen LogP contribution in [-0.2, 0) is 0 Å². The third kappa shape index (κ3) is 3.39. The molecule has 0 saturated carbocycles. The van der Waals surface area contributed by atoms with Gasteiger partial charge in [0.15, 0.2) is 0 Å². The van der Waals surface area contributed by atoms with Crippen molar-refractivity contribution in [1.29, 1.82) is 0 Å². The summed E-state index contributed by atoms with van der Waals surface area (Å²) < 4.78 is 36.3. The fourth-order valence-electron chi connectivity index (χ4n) is 1.21. The first-order chi connectivity index (χ1) is 7.30. The first-order valence-electron chi connectivity index (χ1n) is 4.60. The van der Waals surface area contributed by atoms with E-state index in [2.05, 4.69) is 0 Å². The largest absolute Gasteiger partial charge is 0.508 e. The second-order valence-corrected chi connectivity index (χ2v) is 3.49. The van der Waals surface area contributed by atoms with Gasteiger partial charge in [0.25, 0.3) is 0 Å². The maximum Gasteiger partial charge on any atom is 0.403 e. The lowest BCUT2D eigenvalue weighted by Crippen LogP contribution is -2.38. The highest BCUT2D eigenvalue weighted by Crippen LogP contribution is 2.27. The zero-order chi connectivity index (χ0) is 12.3. The van der Waals surface area contributed by atoms with Crippen molar-refractivity contribution in [2.75, 3.05) is 0 Å². The maximum absolute atomic E-state index is 12.1. The van der Waals surface area contributed by atoms with E-state index in [0.717, 1.165) is 0 Å². The molecule has 1 rings (SSSR count). The summed E-state index contributed by atoms with van der Waals surface area (Å²) in [6.07, 6.45) is -6.41. The van der Waals surface area contributed by atoms with Crippen molar-refractivity contribution in [2.24, 2.45) is 5.73 Å². The summed E-state index contributed by atoms with van der Waals surface area (Å²) in [6, 6.07) is 3.22. The number of phenols is 1. The van der Waals surface area contributed by atoms with Gasteiger partial charge in [-0.3, -0.25) is 0 Å². The molecule has 0 radical (unpaired) electrons. The van der Waals surface area contributed by atoms with Crippen LogP contribution in [0, 0.1) is 0 Å². The number of aromatic hydroxyl groups is 1. The molecule has 90 valence electrons. The maximum atomic E-state index is 12.1. The summed E-state index contributed by atoms with van der Waals surface area (Å²) in [6.45, 7) is 0. The van der Waals surface area contributed by atoms with E-state index in [1.54, 1.807) is 0 Å². The SMILES string of the molecule is N[C@@H](C[C@@H](O)c1ccc(O)cc1)C(F)(F)F. The normalized spacial score (nSPS) is 15.8. The summed E-state index contributed by atoms with van der Waals surface area (Å²) in [5.41, 5.74) is 5.17. The van der Waals surface area contributed by atoms with Crippen molar-refractivity contribution in [3.63, 3.8) is 0 Å². The zero-order valence-electron chi connectivity index (χ0n) is 8.28. The van der Waals surface area contributed by atoms with Crippen molar-refractivity contribution in [3.05, 3.63) is 29.8 Å². The zero-order valence-corrected chi connectivity index (χ0v) is 8.28. The number of hydrogen-bond donors (Lipinski definition) is 3. The number of aliphatic hydroxyl groups is 1. The number of nitrogens with two attached hydrogens (primary N) is 1. The first kappa shape index (κ1) is 12.8. The highest BCUT2D eigenvalue weighted by atomic mass is 19.4. The fourth-order valence-corrected chi connectivity index (χ4v) is 1.21. The van der Waals surface area contributed by atoms with Gasteiger partial charge in [-0.15, -0.1) is 0 Å². The third-order valence-corrected chi connectivity index (χ3v) is 2.18. The van der Waals surface area contributed by atoms with Crippen LogP contribution in [-0.4, -0.2) is 22.4 Å². The Morgan fingerprint density at radius 3 is 2.12 bits per heavy atom. The lowest BCUT2D eigenvalue weighted by molar-refractivity contribution is -0.153. The smallest absolute Gasteiger partial charge is 0.403 e. The van der Waals surface area contributed by atoms with E-state index in [4.69, 9.17) is 10.8 Å². The molecule has 0 saturated heterocycles. The monoisotopic (exact) mass is 235 g/mol. The van der Waals surface area contributed by atoms with E-state index in [9.17, 15) is 18.3 Å². The molecule has 6 heteroatoms. The lowest BCUT2D eigenvalue weighted by Gasteiger charge is -2.19. The predicted molar refractivity (Wildman–Crippen MR) is 51.7 cm³/mol. The minimum atomic E-state index is -4.52. The van der Waals surface area contributed by atoms with Crippen molar-refractivity contribution >= 4 is 0 Å². The average Bonchev–Trinajstić information content (AvgIpc) is 2.17. The van der Waals surface area contributed by atoms with Crippen LogP contribution >= 0.6 is 0 Å². The highest BCUT2D eigenvalue weighted by molar-refractivity contribution is 5.27. The Balaban J connectivity index is 2.65.